The number of hydrogen-bond acceptors (Lipinski definition) is 7. The lowest BCUT2D eigenvalue weighted by molar-refractivity contribution is -0.147. The number of carbonyl (C=O) groups is 4. The van der Waals surface area contributed by atoms with Gasteiger partial charge < -0.3 is 25.8 Å². The Bertz CT molecular complexity index is 560. The molecule has 0 rings (SSSR count). The Labute approximate surface area is 167 Å². The number of ether oxygens (including phenoxy) is 2. The molecule has 2 amide bonds. The SMILES string of the molecule is CCOC(=O)CCC(C)(C)[C@H](NC(=O)[C@H](C)N)C(=O)N[C@H](C(=O)OC)C(C)C. The van der Waals surface area contributed by atoms with Crippen LogP contribution >= 0.6 is 0 Å². The van der Waals surface area contributed by atoms with Crippen molar-refractivity contribution in [2.45, 2.75) is 72.5 Å². The van der Waals surface area contributed by atoms with Crippen molar-refractivity contribution in [1.82, 2.24) is 10.6 Å². The molecule has 0 aliphatic carbocycles. The van der Waals surface area contributed by atoms with E-state index in [2.05, 4.69) is 10.6 Å². The highest BCUT2D eigenvalue weighted by atomic mass is 16.5. The number of nitrogens with two attached hydrogens (primary N) is 1. The maximum atomic E-state index is 13.0. The first-order valence-corrected chi connectivity index (χ1v) is 9.47. The van der Waals surface area contributed by atoms with E-state index < -0.39 is 41.3 Å². The fourth-order valence-corrected chi connectivity index (χ4v) is 2.55. The van der Waals surface area contributed by atoms with Crippen LogP contribution in [0.4, 0.5) is 0 Å². The summed E-state index contributed by atoms with van der Waals surface area (Å²) in [5, 5.41) is 5.28. The van der Waals surface area contributed by atoms with Gasteiger partial charge in [0, 0.05) is 6.42 Å². The van der Waals surface area contributed by atoms with Crippen LogP contribution in [0.2, 0.25) is 0 Å². The summed E-state index contributed by atoms with van der Waals surface area (Å²) in [5.41, 5.74) is 4.81. The van der Waals surface area contributed by atoms with Crippen LogP contribution < -0.4 is 16.4 Å². The van der Waals surface area contributed by atoms with Crippen molar-refractivity contribution in [1.29, 1.82) is 0 Å². The van der Waals surface area contributed by atoms with Gasteiger partial charge >= 0.3 is 11.9 Å². The Balaban J connectivity index is 5.53. The van der Waals surface area contributed by atoms with E-state index in [-0.39, 0.29) is 31.3 Å². The molecule has 3 atom stereocenters. The van der Waals surface area contributed by atoms with Gasteiger partial charge in [-0.3, -0.25) is 14.4 Å². The van der Waals surface area contributed by atoms with Crippen molar-refractivity contribution in [2.24, 2.45) is 17.1 Å². The highest BCUT2D eigenvalue weighted by Crippen LogP contribution is 2.28. The Morgan fingerprint density at radius 2 is 1.61 bits per heavy atom. The Hall–Kier alpha value is -2.16. The third kappa shape index (κ3) is 8.24. The van der Waals surface area contributed by atoms with E-state index in [0.717, 1.165) is 0 Å². The lowest BCUT2D eigenvalue weighted by Gasteiger charge is -2.35. The normalized spacial score (nSPS) is 14.6. The van der Waals surface area contributed by atoms with Gasteiger partial charge in [0.25, 0.3) is 0 Å². The van der Waals surface area contributed by atoms with E-state index in [1.165, 1.54) is 14.0 Å². The van der Waals surface area contributed by atoms with Crippen LogP contribution in [0.25, 0.3) is 0 Å². The summed E-state index contributed by atoms with van der Waals surface area (Å²) in [4.78, 5) is 48.8. The second-order valence-corrected chi connectivity index (χ2v) is 7.78. The van der Waals surface area contributed by atoms with Crippen molar-refractivity contribution in [3.05, 3.63) is 0 Å². The van der Waals surface area contributed by atoms with Gasteiger partial charge in [0.15, 0.2) is 0 Å². The largest absolute Gasteiger partial charge is 0.467 e. The molecule has 0 bridgehead atoms. The highest BCUT2D eigenvalue weighted by molar-refractivity contribution is 5.92. The molecule has 9 nitrogen and oxygen atoms in total. The van der Waals surface area contributed by atoms with E-state index in [1.807, 2.05) is 0 Å². The maximum absolute atomic E-state index is 13.0. The first kappa shape index (κ1) is 25.8. The van der Waals surface area contributed by atoms with Crippen molar-refractivity contribution in [2.75, 3.05) is 13.7 Å². The number of amides is 2. The summed E-state index contributed by atoms with van der Waals surface area (Å²) in [6.07, 6.45) is 0.372. The number of methoxy groups -OCH3 is 1. The molecule has 0 saturated heterocycles. The van der Waals surface area contributed by atoms with Crippen LogP contribution in [-0.4, -0.2) is 55.6 Å². The smallest absolute Gasteiger partial charge is 0.328 e. The molecule has 0 heterocycles. The average Bonchev–Trinajstić information content (AvgIpc) is 2.61. The Kier molecular flexibility index (Phi) is 10.7. The molecule has 0 unspecified atom stereocenters. The second kappa shape index (κ2) is 11.6. The molecule has 0 fully saturated rings. The minimum Gasteiger partial charge on any atom is -0.467 e. The predicted octanol–water partition coefficient (Wildman–Crippen LogP) is 0.502. The zero-order valence-corrected chi connectivity index (χ0v) is 18.0. The van der Waals surface area contributed by atoms with Crippen LogP contribution in [0, 0.1) is 11.3 Å². The van der Waals surface area contributed by atoms with Crippen molar-refractivity contribution in [3.63, 3.8) is 0 Å². The van der Waals surface area contributed by atoms with Gasteiger partial charge in [0.2, 0.25) is 11.8 Å². The topological polar surface area (TPSA) is 137 Å². The Morgan fingerprint density at radius 3 is 2.04 bits per heavy atom. The lowest BCUT2D eigenvalue weighted by atomic mass is 9.79. The summed E-state index contributed by atoms with van der Waals surface area (Å²) in [6.45, 7) is 10.5. The molecule has 0 aromatic carbocycles. The summed E-state index contributed by atoms with van der Waals surface area (Å²) in [7, 11) is 1.24. The number of nitrogens with one attached hydrogen (secondary N) is 2. The molecule has 0 spiro atoms. The van der Waals surface area contributed by atoms with Crippen molar-refractivity contribution < 1.29 is 28.7 Å². The van der Waals surface area contributed by atoms with Crippen LogP contribution in [0.3, 0.4) is 0 Å². The molecular weight excluding hydrogens is 366 g/mol. The molecule has 162 valence electrons. The first-order chi connectivity index (χ1) is 12.9. The fourth-order valence-electron chi connectivity index (χ4n) is 2.55. The molecular formula is C19H35N3O6. The van der Waals surface area contributed by atoms with E-state index in [0.29, 0.717) is 0 Å². The lowest BCUT2D eigenvalue weighted by Crippen LogP contribution is -2.60. The molecule has 0 aliphatic heterocycles. The van der Waals surface area contributed by atoms with E-state index >= 15 is 0 Å². The third-order valence-electron chi connectivity index (χ3n) is 4.44. The van der Waals surface area contributed by atoms with Crippen molar-refractivity contribution >= 4 is 23.8 Å². The highest BCUT2D eigenvalue weighted by Gasteiger charge is 2.39. The quantitative estimate of drug-likeness (QED) is 0.429. The van der Waals surface area contributed by atoms with E-state index in [1.54, 1.807) is 34.6 Å². The van der Waals surface area contributed by atoms with Gasteiger partial charge in [-0.2, -0.15) is 0 Å². The van der Waals surface area contributed by atoms with Crippen LogP contribution in [-0.2, 0) is 28.7 Å². The number of esters is 2. The molecule has 0 aromatic heterocycles. The van der Waals surface area contributed by atoms with E-state index in [9.17, 15) is 19.2 Å². The fraction of sp³-hybridized carbons (Fsp3) is 0.789. The molecule has 0 radical (unpaired) electrons. The molecule has 28 heavy (non-hydrogen) atoms. The molecule has 0 aromatic rings. The number of carbonyl (C=O) groups excluding carboxylic acids is 4. The van der Waals surface area contributed by atoms with Gasteiger partial charge in [0.05, 0.1) is 19.8 Å². The minimum absolute atomic E-state index is 0.0866. The summed E-state index contributed by atoms with van der Waals surface area (Å²) >= 11 is 0. The van der Waals surface area contributed by atoms with Crippen molar-refractivity contribution in [3.8, 4) is 0 Å². The monoisotopic (exact) mass is 401 g/mol. The van der Waals surface area contributed by atoms with Gasteiger partial charge in [0.1, 0.15) is 12.1 Å². The zero-order chi connectivity index (χ0) is 22.1. The van der Waals surface area contributed by atoms with Gasteiger partial charge in [-0.05, 0) is 31.6 Å². The Morgan fingerprint density at radius 1 is 1.04 bits per heavy atom. The standard InChI is InChI=1S/C19H35N3O6/c1-8-28-13(23)9-10-19(5,6)15(22-16(24)12(4)20)17(25)21-14(11(2)3)18(26)27-7/h11-12,14-15H,8-10,20H2,1-7H3,(H,21,25)(H,22,24)/t12-,14-,15+/m0/s1. The summed E-state index contributed by atoms with van der Waals surface area (Å²) in [5.74, 6) is -2.24. The second-order valence-electron chi connectivity index (χ2n) is 7.78. The number of rotatable bonds is 11. The van der Waals surface area contributed by atoms with Gasteiger partial charge in [-0.1, -0.05) is 27.7 Å². The summed E-state index contributed by atoms with van der Waals surface area (Å²) < 4.78 is 9.67. The first-order valence-electron chi connectivity index (χ1n) is 9.47. The number of hydrogen-bond donors (Lipinski definition) is 3. The molecule has 4 N–H and O–H groups in total. The zero-order valence-electron chi connectivity index (χ0n) is 18.0. The third-order valence-corrected chi connectivity index (χ3v) is 4.44. The van der Waals surface area contributed by atoms with Crippen LogP contribution in [0.5, 0.6) is 0 Å². The van der Waals surface area contributed by atoms with Gasteiger partial charge in [-0.15, -0.1) is 0 Å². The molecule has 9 heteroatoms. The maximum Gasteiger partial charge on any atom is 0.328 e. The minimum atomic E-state index is -1.01. The molecule has 0 aliphatic rings. The average molecular weight is 402 g/mol. The van der Waals surface area contributed by atoms with E-state index in [4.69, 9.17) is 15.2 Å². The predicted molar refractivity (Wildman–Crippen MR) is 104 cm³/mol. The van der Waals surface area contributed by atoms with Crippen LogP contribution in [0.1, 0.15) is 54.4 Å². The van der Waals surface area contributed by atoms with Crippen LogP contribution in [0.15, 0.2) is 0 Å². The van der Waals surface area contributed by atoms with Gasteiger partial charge in [-0.25, -0.2) is 4.79 Å². The summed E-state index contributed by atoms with van der Waals surface area (Å²) in [6, 6.07) is -2.70. The molecule has 0 saturated carbocycles.